The van der Waals surface area contributed by atoms with Gasteiger partial charge in [0.2, 0.25) is 0 Å². The molecule has 5 aliphatic carbocycles. The summed E-state index contributed by atoms with van der Waals surface area (Å²) in [5, 5.41) is 9.19. The molecule has 0 aromatic rings. The van der Waals surface area contributed by atoms with Crippen molar-refractivity contribution in [1.29, 1.82) is 0 Å². The summed E-state index contributed by atoms with van der Waals surface area (Å²) >= 11 is 0. The van der Waals surface area contributed by atoms with Crippen LogP contribution in [0.1, 0.15) is 98.8 Å². The maximum absolute atomic E-state index is 13.6. The highest BCUT2D eigenvalue weighted by atomic mass is 16.4. The zero-order valence-electron chi connectivity index (χ0n) is 23.1. The molecule has 0 bridgehead atoms. The molecule has 36 heavy (non-hydrogen) atoms. The fraction of sp³-hybridized carbons (Fsp3) is 0.781. The van der Waals surface area contributed by atoms with Crippen LogP contribution in [0.3, 0.4) is 0 Å². The van der Waals surface area contributed by atoms with Crippen LogP contribution in [0.5, 0.6) is 0 Å². The second-order valence-electron chi connectivity index (χ2n) is 14.4. The molecule has 9 atom stereocenters. The normalized spacial score (nSPS) is 47.4. The molecule has 0 radical (unpaired) electrons. The summed E-state index contributed by atoms with van der Waals surface area (Å²) in [7, 11) is 0. The number of rotatable bonds is 4. The Hall–Kier alpha value is -1.71. The smallest absolute Gasteiger partial charge is 0.328 e. The first-order valence-electron chi connectivity index (χ1n) is 14.4. The first-order chi connectivity index (χ1) is 16.8. The summed E-state index contributed by atoms with van der Waals surface area (Å²) < 4.78 is 0. The molecular formula is C32H46O4. The van der Waals surface area contributed by atoms with Crippen LogP contribution in [0.4, 0.5) is 0 Å². The van der Waals surface area contributed by atoms with Gasteiger partial charge in [-0.3, -0.25) is 9.59 Å². The second kappa shape index (κ2) is 8.40. The third-order valence-corrected chi connectivity index (χ3v) is 12.8. The van der Waals surface area contributed by atoms with Crippen molar-refractivity contribution in [3.63, 3.8) is 0 Å². The van der Waals surface area contributed by atoms with E-state index in [2.05, 4.69) is 41.2 Å². The topological polar surface area (TPSA) is 71.4 Å². The van der Waals surface area contributed by atoms with E-state index in [-0.39, 0.29) is 27.9 Å². The third kappa shape index (κ3) is 3.41. The Morgan fingerprint density at radius 2 is 1.58 bits per heavy atom. The monoisotopic (exact) mass is 494 g/mol. The van der Waals surface area contributed by atoms with Crippen LogP contribution in [0.2, 0.25) is 0 Å². The molecule has 5 rings (SSSR count). The van der Waals surface area contributed by atoms with Gasteiger partial charge in [-0.15, -0.1) is 0 Å². The van der Waals surface area contributed by atoms with E-state index in [1.165, 1.54) is 24.5 Å². The van der Waals surface area contributed by atoms with Crippen molar-refractivity contribution < 1.29 is 19.5 Å². The molecule has 4 heteroatoms. The van der Waals surface area contributed by atoms with Gasteiger partial charge >= 0.3 is 5.97 Å². The van der Waals surface area contributed by atoms with Crippen molar-refractivity contribution >= 4 is 17.5 Å². The predicted octanol–water partition coefficient (Wildman–Crippen LogP) is 7.03. The largest absolute Gasteiger partial charge is 0.478 e. The van der Waals surface area contributed by atoms with Crippen molar-refractivity contribution in [1.82, 2.24) is 0 Å². The van der Waals surface area contributed by atoms with Crippen LogP contribution in [0.25, 0.3) is 0 Å². The Morgan fingerprint density at radius 3 is 2.25 bits per heavy atom. The SMILES string of the molecule is C=C(C)[C@@H]1CC[C@]2(C(=O)/C=C/C(=O)O)CCC3C(CCC4[C@@]3(C)CCC3C(C)(C)C(=O)CC[C@@]34C)C12. The highest BCUT2D eigenvalue weighted by Gasteiger charge is 2.68. The number of hydrogen-bond donors (Lipinski definition) is 1. The summed E-state index contributed by atoms with van der Waals surface area (Å²) in [6.07, 6.45) is 12.6. The molecule has 4 nitrogen and oxygen atoms in total. The number of carboxylic acid groups (broad SMARTS) is 1. The van der Waals surface area contributed by atoms with Crippen molar-refractivity contribution in [3.05, 3.63) is 24.3 Å². The molecule has 1 N–H and O–H groups in total. The molecular weight excluding hydrogens is 448 g/mol. The zero-order valence-corrected chi connectivity index (χ0v) is 23.1. The van der Waals surface area contributed by atoms with Gasteiger partial charge in [0, 0.05) is 23.3 Å². The summed E-state index contributed by atoms with van der Waals surface area (Å²) in [6, 6.07) is 0. The second-order valence-corrected chi connectivity index (χ2v) is 14.4. The summed E-state index contributed by atoms with van der Waals surface area (Å²) in [4.78, 5) is 37.8. The van der Waals surface area contributed by atoms with Crippen LogP contribution in [-0.2, 0) is 14.4 Å². The molecule has 0 aromatic heterocycles. The fourth-order valence-corrected chi connectivity index (χ4v) is 11.3. The van der Waals surface area contributed by atoms with Gasteiger partial charge in [0.05, 0.1) is 0 Å². The molecule has 0 heterocycles. The highest BCUT2D eigenvalue weighted by Crippen LogP contribution is 2.73. The fourth-order valence-electron chi connectivity index (χ4n) is 11.3. The minimum Gasteiger partial charge on any atom is -0.478 e. The van der Waals surface area contributed by atoms with Gasteiger partial charge in [-0.05, 0) is 117 Å². The summed E-state index contributed by atoms with van der Waals surface area (Å²) in [5.74, 6) is 2.21. The Kier molecular flexibility index (Phi) is 6.05. The zero-order chi connectivity index (χ0) is 26.3. The van der Waals surface area contributed by atoms with E-state index in [9.17, 15) is 19.5 Å². The Bertz CT molecular complexity index is 1020. The molecule has 5 saturated carbocycles. The van der Waals surface area contributed by atoms with Crippen molar-refractivity contribution in [3.8, 4) is 0 Å². The highest BCUT2D eigenvalue weighted by molar-refractivity contribution is 5.99. The number of Topliss-reactive ketones (excluding diaryl/α,β-unsaturated/α-hetero) is 1. The number of carbonyl (C=O) groups is 3. The number of hydrogen-bond acceptors (Lipinski definition) is 3. The minimum atomic E-state index is -1.05. The molecule has 5 aliphatic rings. The van der Waals surface area contributed by atoms with Crippen molar-refractivity contribution in [2.75, 3.05) is 0 Å². The van der Waals surface area contributed by atoms with Crippen LogP contribution in [0, 0.1) is 57.2 Å². The van der Waals surface area contributed by atoms with E-state index < -0.39 is 11.4 Å². The van der Waals surface area contributed by atoms with Gasteiger partial charge in [0.15, 0.2) is 5.78 Å². The standard InChI is InChI=1S/C32H46O4/c1-19(2)20-11-17-32(26(34)9-10-27(35)36)18-12-22-21(28(20)32)7-8-24-30(22,5)15-13-23-29(3,4)25(33)14-16-31(23,24)6/h9-10,20-24,28H,1,7-8,11-18H2,2-6H3,(H,35,36)/b10-9+/t20-,21?,22?,23?,24?,28?,30-,31-,32+/m0/s1. The molecule has 0 amide bonds. The Balaban J connectivity index is 1.51. The van der Waals surface area contributed by atoms with E-state index in [1.54, 1.807) is 0 Å². The van der Waals surface area contributed by atoms with E-state index in [4.69, 9.17) is 0 Å². The van der Waals surface area contributed by atoms with Gasteiger partial charge in [-0.1, -0.05) is 39.8 Å². The Labute approximate surface area is 217 Å². The lowest BCUT2D eigenvalue weighted by atomic mass is 9.36. The lowest BCUT2D eigenvalue weighted by molar-refractivity contribution is -0.198. The quantitative estimate of drug-likeness (QED) is 0.336. The molecule has 198 valence electrons. The van der Waals surface area contributed by atoms with E-state index in [0.29, 0.717) is 41.8 Å². The maximum atomic E-state index is 13.6. The van der Waals surface area contributed by atoms with E-state index in [1.807, 2.05) is 0 Å². The molecule has 0 spiro atoms. The number of carboxylic acids is 1. The van der Waals surface area contributed by atoms with E-state index in [0.717, 1.165) is 51.0 Å². The van der Waals surface area contributed by atoms with Crippen LogP contribution < -0.4 is 0 Å². The van der Waals surface area contributed by atoms with Crippen LogP contribution in [0.15, 0.2) is 24.3 Å². The average Bonchev–Trinajstić information content (AvgIpc) is 3.21. The lowest BCUT2D eigenvalue weighted by Gasteiger charge is -2.68. The van der Waals surface area contributed by atoms with Crippen LogP contribution >= 0.6 is 0 Å². The first-order valence-corrected chi connectivity index (χ1v) is 14.4. The van der Waals surface area contributed by atoms with Gasteiger partial charge < -0.3 is 5.11 Å². The first kappa shape index (κ1) is 25.9. The van der Waals surface area contributed by atoms with Crippen molar-refractivity contribution in [2.45, 2.75) is 98.8 Å². The predicted molar refractivity (Wildman–Crippen MR) is 141 cm³/mol. The number of fused-ring (bicyclic) bond motifs is 7. The van der Waals surface area contributed by atoms with Crippen molar-refractivity contribution in [2.24, 2.45) is 57.2 Å². The lowest BCUT2D eigenvalue weighted by Crippen LogP contribution is -2.63. The van der Waals surface area contributed by atoms with E-state index >= 15 is 0 Å². The maximum Gasteiger partial charge on any atom is 0.328 e. The molecule has 5 fully saturated rings. The Morgan fingerprint density at radius 1 is 0.889 bits per heavy atom. The van der Waals surface area contributed by atoms with Crippen LogP contribution in [-0.4, -0.2) is 22.6 Å². The summed E-state index contributed by atoms with van der Waals surface area (Å²) in [5.41, 5.74) is 0.965. The number of allylic oxidation sites excluding steroid dienone is 2. The van der Waals surface area contributed by atoms with Gasteiger partial charge in [0.1, 0.15) is 5.78 Å². The van der Waals surface area contributed by atoms with Gasteiger partial charge in [-0.25, -0.2) is 4.79 Å². The summed E-state index contributed by atoms with van der Waals surface area (Å²) in [6.45, 7) is 16.0. The third-order valence-electron chi connectivity index (χ3n) is 12.8. The minimum absolute atomic E-state index is 0.0348. The number of ketones is 2. The average molecular weight is 495 g/mol. The molecule has 5 unspecified atom stereocenters. The van der Waals surface area contributed by atoms with Gasteiger partial charge in [-0.2, -0.15) is 0 Å². The molecule has 0 aromatic carbocycles. The van der Waals surface area contributed by atoms with Gasteiger partial charge in [0.25, 0.3) is 0 Å². The number of carbonyl (C=O) groups excluding carboxylic acids is 2. The number of aliphatic carboxylic acids is 1. The molecule has 0 aliphatic heterocycles. The molecule has 0 saturated heterocycles.